The zero-order valence-corrected chi connectivity index (χ0v) is 8.81. The van der Waals surface area contributed by atoms with Crippen molar-refractivity contribution in [3.63, 3.8) is 0 Å². The Morgan fingerprint density at radius 3 is 2.20 bits per heavy atom. The van der Waals surface area contributed by atoms with E-state index < -0.39 is 0 Å². The normalized spacial score (nSPS) is 11.3. The van der Waals surface area contributed by atoms with E-state index in [2.05, 4.69) is 5.16 Å². The van der Waals surface area contributed by atoms with Crippen LogP contribution in [0.1, 0.15) is 12.5 Å². The van der Waals surface area contributed by atoms with E-state index in [9.17, 15) is 5.11 Å². The zero-order chi connectivity index (χ0) is 11.4. The highest BCUT2D eigenvalue weighted by Gasteiger charge is 2.16. The van der Waals surface area contributed by atoms with Gasteiger partial charge in [0, 0.05) is 0 Å². The summed E-state index contributed by atoms with van der Waals surface area (Å²) in [6.07, 6.45) is 0. The fourth-order valence-electron chi connectivity index (χ4n) is 1.29. The van der Waals surface area contributed by atoms with Crippen molar-refractivity contribution >= 4 is 5.71 Å². The van der Waals surface area contributed by atoms with E-state index in [1.165, 1.54) is 14.2 Å². The molecule has 2 N–H and O–H groups in total. The maximum Gasteiger partial charge on any atom is 0.170 e. The third kappa shape index (κ3) is 1.96. The van der Waals surface area contributed by atoms with Gasteiger partial charge in [-0.1, -0.05) is 5.16 Å². The molecule has 1 aromatic carbocycles. The molecule has 0 aromatic heterocycles. The van der Waals surface area contributed by atoms with Gasteiger partial charge in [0.05, 0.1) is 25.5 Å². The molecular formula is C10H13NO4. The van der Waals surface area contributed by atoms with Crippen LogP contribution in [0.25, 0.3) is 0 Å². The fraction of sp³-hybridized carbons (Fsp3) is 0.300. The molecule has 0 aliphatic rings. The lowest BCUT2D eigenvalue weighted by Crippen LogP contribution is -2.01. The van der Waals surface area contributed by atoms with Gasteiger partial charge in [-0.15, -0.1) is 0 Å². The first-order valence-corrected chi connectivity index (χ1v) is 4.28. The molecule has 5 heteroatoms. The van der Waals surface area contributed by atoms with E-state index in [4.69, 9.17) is 14.7 Å². The smallest absolute Gasteiger partial charge is 0.170 e. The fourth-order valence-corrected chi connectivity index (χ4v) is 1.29. The van der Waals surface area contributed by atoms with Crippen LogP contribution in [-0.2, 0) is 0 Å². The largest absolute Gasteiger partial charge is 0.504 e. The Bertz CT molecular complexity index is 387. The van der Waals surface area contributed by atoms with Crippen LogP contribution in [0.2, 0.25) is 0 Å². The molecule has 0 saturated heterocycles. The second-order valence-corrected chi connectivity index (χ2v) is 2.88. The average molecular weight is 211 g/mol. The van der Waals surface area contributed by atoms with Gasteiger partial charge in [0.1, 0.15) is 5.75 Å². The van der Waals surface area contributed by atoms with Crippen molar-refractivity contribution in [3.8, 4) is 17.2 Å². The van der Waals surface area contributed by atoms with E-state index in [0.717, 1.165) is 0 Å². The summed E-state index contributed by atoms with van der Waals surface area (Å²) in [6, 6.07) is 3.20. The van der Waals surface area contributed by atoms with Gasteiger partial charge in [-0.3, -0.25) is 0 Å². The van der Waals surface area contributed by atoms with E-state index in [1.54, 1.807) is 19.1 Å². The Morgan fingerprint density at radius 1 is 1.20 bits per heavy atom. The van der Waals surface area contributed by atoms with Crippen molar-refractivity contribution in [1.29, 1.82) is 0 Å². The molecule has 0 saturated carbocycles. The first kappa shape index (κ1) is 11.2. The molecule has 0 amide bonds. The Balaban J connectivity index is 3.42. The van der Waals surface area contributed by atoms with Crippen molar-refractivity contribution in [2.24, 2.45) is 5.16 Å². The zero-order valence-electron chi connectivity index (χ0n) is 8.81. The number of aromatic hydroxyl groups is 1. The quantitative estimate of drug-likeness (QED) is 0.452. The second-order valence-electron chi connectivity index (χ2n) is 2.88. The summed E-state index contributed by atoms with van der Waals surface area (Å²) in [6.45, 7) is 1.55. The Morgan fingerprint density at radius 2 is 1.73 bits per heavy atom. The number of hydrogen-bond acceptors (Lipinski definition) is 5. The van der Waals surface area contributed by atoms with E-state index in [-0.39, 0.29) is 11.5 Å². The van der Waals surface area contributed by atoms with Crippen LogP contribution in [-0.4, -0.2) is 30.2 Å². The molecule has 0 bridgehead atoms. The first-order valence-electron chi connectivity index (χ1n) is 4.28. The molecule has 0 spiro atoms. The van der Waals surface area contributed by atoms with E-state index in [1.807, 2.05) is 0 Å². The average Bonchev–Trinajstić information content (AvgIpc) is 2.27. The lowest BCUT2D eigenvalue weighted by Gasteiger charge is -2.12. The predicted octanol–water partition coefficient (Wildman–Crippen LogP) is 1.61. The van der Waals surface area contributed by atoms with Crippen molar-refractivity contribution in [2.45, 2.75) is 6.92 Å². The van der Waals surface area contributed by atoms with Gasteiger partial charge in [0.25, 0.3) is 0 Å². The van der Waals surface area contributed by atoms with Gasteiger partial charge in [-0.05, 0) is 19.1 Å². The minimum absolute atomic E-state index is 0.104. The highest BCUT2D eigenvalue weighted by molar-refractivity contribution is 6.03. The van der Waals surface area contributed by atoms with Gasteiger partial charge >= 0.3 is 0 Å². The summed E-state index contributed by atoms with van der Waals surface area (Å²) in [7, 11) is 2.91. The van der Waals surface area contributed by atoms with Crippen molar-refractivity contribution < 1.29 is 19.8 Å². The topological polar surface area (TPSA) is 71.3 Å². The SMILES string of the molecule is COc1ccc(OC)c(C(C)=NO)c1O. The van der Waals surface area contributed by atoms with Crippen LogP contribution in [0.15, 0.2) is 17.3 Å². The number of oxime groups is 1. The number of nitrogens with zero attached hydrogens (tertiary/aromatic N) is 1. The standard InChI is InChI=1S/C10H13NO4/c1-6(11-13)9-7(14-2)4-5-8(15-3)10(9)12/h4-5,12-13H,1-3H3. The maximum absolute atomic E-state index is 9.81. The van der Waals surface area contributed by atoms with Crippen molar-refractivity contribution in [3.05, 3.63) is 17.7 Å². The summed E-state index contributed by atoms with van der Waals surface area (Å²) < 4.78 is 9.98. The predicted molar refractivity (Wildman–Crippen MR) is 55.2 cm³/mol. The van der Waals surface area contributed by atoms with Crippen LogP contribution in [0.4, 0.5) is 0 Å². The third-order valence-electron chi connectivity index (χ3n) is 2.05. The highest BCUT2D eigenvalue weighted by Crippen LogP contribution is 2.36. The summed E-state index contributed by atoms with van der Waals surface area (Å²) in [5.74, 6) is 0.615. The minimum Gasteiger partial charge on any atom is -0.504 e. The molecule has 5 nitrogen and oxygen atoms in total. The van der Waals surface area contributed by atoms with Crippen LogP contribution in [0, 0.1) is 0 Å². The molecule has 0 atom stereocenters. The summed E-state index contributed by atoms with van der Waals surface area (Å²) in [5.41, 5.74) is 0.572. The first-order chi connectivity index (χ1) is 7.15. The maximum atomic E-state index is 9.81. The molecule has 1 aromatic rings. The molecule has 0 heterocycles. The second kappa shape index (κ2) is 4.54. The van der Waals surface area contributed by atoms with Crippen LogP contribution in [0.5, 0.6) is 17.2 Å². The van der Waals surface area contributed by atoms with Crippen LogP contribution in [0.3, 0.4) is 0 Å². The Labute approximate surface area is 87.6 Å². The minimum atomic E-state index is -0.104. The lowest BCUT2D eigenvalue weighted by atomic mass is 10.1. The van der Waals surface area contributed by atoms with Crippen LogP contribution < -0.4 is 9.47 Å². The van der Waals surface area contributed by atoms with Gasteiger partial charge in [-0.2, -0.15) is 0 Å². The van der Waals surface area contributed by atoms with Crippen molar-refractivity contribution in [2.75, 3.05) is 14.2 Å². The summed E-state index contributed by atoms with van der Waals surface area (Å²) in [5, 5.41) is 21.5. The molecule has 0 aliphatic carbocycles. The van der Waals surface area contributed by atoms with Gasteiger partial charge in [0.15, 0.2) is 11.5 Å². The number of rotatable bonds is 3. The lowest BCUT2D eigenvalue weighted by molar-refractivity contribution is 0.317. The number of hydrogen-bond donors (Lipinski definition) is 2. The van der Waals surface area contributed by atoms with Gasteiger partial charge in [0.2, 0.25) is 0 Å². The molecule has 15 heavy (non-hydrogen) atoms. The monoisotopic (exact) mass is 211 g/mol. The van der Waals surface area contributed by atoms with Crippen LogP contribution >= 0.6 is 0 Å². The summed E-state index contributed by atoms with van der Waals surface area (Å²) in [4.78, 5) is 0. The van der Waals surface area contributed by atoms with Gasteiger partial charge in [-0.25, -0.2) is 0 Å². The van der Waals surface area contributed by atoms with Crippen molar-refractivity contribution in [1.82, 2.24) is 0 Å². The molecule has 82 valence electrons. The number of benzene rings is 1. The molecule has 0 fully saturated rings. The third-order valence-corrected chi connectivity index (χ3v) is 2.05. The number of ether oxygens (including phenoxy) is 2. The Hall–Kier alpha value is -1.91. The molecule has 0 unspecified atom stereocenters. The Kier molecular flexibility index (Phi) is 3.38. The molecule has 0 radical (unpaired) electrons. The number of methoxy groups -OCH3 is 2. The van der Waals surface area contributed by atoms with E-state index >= 15 is 0 Å². The summed E-state index contributed by atoms with van der Waals surface area (Å²) >= 11 is 0. The molecular weight excluding hydrogens is 198 g/mol. The molecule has 1 rings (SSSR count). The molecule has 0 aliphatic heterocycles. The number of phenolic OH excluding ortho intramolecular Hbond substituents is 1. The highest BCUT2D eigenvalue weighted by atomic mass is 16.5. The van der Waals surface area contributed by atoms with Gasteiger partial charge < -0.3 is 19.8 Å². The number of phenols is 1. The van der Waals surface area contributed by atoms with E-state index in [0.29, 0.717) is 17.1 Å².